The zero-order valence-electron chi connectivity index (χ0n) is 14.6. The molecule has 0 aromatic heterocycles. The van der Waals surface area contributed by atoms with E-state index in [2.05, 4.69) is 5.32 Å². The number of nitrogens with zero attached hydrogens (tertiary/aromatic N) is 2. The molecule has 26 heavy (non-hydrogen) atoms. The SMILES string of the molecule is O=C(C1CC1c1cccc(Cl)c1Cl)N1CCCC(N2CCNCC2=O)C1. The largest absolute Gasteiger partial charge is 0.340 e. The van der Waals surface area contributed by atoms with E-state index in [1.807, 2.05) is 21.9 Å². The van der Waals surface area contributed by atoms with Crippen molar-refractivity contribution in [2.45, 2.75) is 31.2 Å². The molecule has 4 rings (SSSR count). The number of likely N-dealkylation sites (tertiary alicyclic amines) is 1. The van der Waals surface area contributed by atoms with Gasteiger partial charge in [-0.1, -0.05) is 35.3 Å². The lowest BCUT2D eigenvalue weighted by Crippen LogP contribution is -2.57. The molecule has 0 bridgehead atoms. The lowest BCUT2D eigenvalue weighted by molar-refractivity contribution is -0.141. The average molecular weight is 396 g/mol. The smallest absolute Gasteiger partial charge is 0.236 e. The lowest BCUT2D eigenvalue weighted by Gasteiger charge is -2.41. The van der Waals surface area contributed by atoms with Gasteiger partial charge in [0.05, 0.1) is 16.6 Å². The molecule has 1 N–H and O–H groups in total. The number of rotatable bonds is 3. The molecule has 5 nitrogen and oxygen atoms in total. The van der Waals surface area contributed by atoms with Gasteiger partial charge in [-0.15, -0.1) is 0 Å². The molecule has 0 spiro atoms. The van der Waals surface area contributed by atoms with Crippen LogP contribution in [-0.4, -0.2) is 60.4 Å². The molecule has 1 aromatic carbocycles. The Morgan fingerprint density at radius 3 is 2.88 bits per heavy atom. The van der Waals surface area contributed by atoms with E-state index in [0.29, 0.717) is 23.1 Å². The van der Waals surface area contributed by atoms with Crippen LogP contribution in [0.4, 0.5) is 0 Å². The summed E-state index contributed by atoms with van der Waals surface area (Å²) >= 11 is 12.4. The summed E-state index contributed by atoms with van der Waals surface area (Å²) in [7, 11) is 0. The van der Waals surface area contributed by atoms with Gasteiger partial charge in [0, 0.05) is 38.1 Å². The summed E-state index contributed by atoms with van der Waals surface area (Å²) in [6.45, 7) is 3.39. The van der Waals surface area contributed by atoms with Crippen molar-refractivity contribution < 1.29 is 9.59 Å². The number of hydrogen-bond donors (Lipinski definition) is 1. The third-order valence-corrected chi connectivity index (χ3v) is 6.60. The zero-order valence-corrected chi connectivity index (χ0v) is 16.1. The highest BCUT2D eigenvalue weighted by Crippen LogP contribution is 2.51. The van der Waals surface area contributed by atoms with Crippen LogP contribution >= 0.6 is 23.2 Å². The predicted molar refractivity (Wildman–Crippen MR) is 101 cm³/mol. The first-order chi connectivity index (χ1) is 12.6. The van der Waals surface area contributed by atoms with E-state index in [1.165, 1.54) is 0 Å². The molecule has 2 saturated heterocycles. The molecule has 2 heterocycles. The molecule has 2 aliphatic heterocycles. The maximum Gasteiger partial charge on any atom is 0.236 e. The molecule has 1 saturated carbocycles. The third kappa shape index (κ3) is 3.45. The predicted octanol–water partition coefficient (Wildman–Crippen LogP) is 2.52. The van der Waals surface area contributed by atoms with E-state index in [1.54, 1.807) is 6.07 Å². The quantitative estimate of drug-likeness (QED) is 0.855. The molecule has 7 heteroatoms. The average Bonchev–Trinajstić information content (AvgIpc) is 3.44. The Morgan fingerprint density at radius 2 is 2.08 bits per heavy atom. The highest BCUT2D eigenvalue weighted by Gasteiger charge is 2.47. The monoisotopic (exact) mass is 395 g/mol. The van der Waals surface area contributed by atoms with Crippen LogP contribution < -0.4 is 5.32 Å². The Hall–Kier alpha value is -1.30. The van der Waals surface area contributed by atoms with Gasteiger partial charge < -0.3 is 15.1 Å². The fourth-order valence-corrected chi connectivity index (χ4v) is 4.72. The van der Waals surface area contributed by atoms with Crippen molar-refractivity contribution in [3.05, 3.63) is 33.8 Å². The van der Waals surface area contributed by atoms with Gasteiger partial charge in [0.2, 0.25) is 11.8 Å². The number of benzene rings is 1. The molecule has 3 aliphatic rings. The number of piperazine rings is 1. The number of nitrogens with one attached hydrogen (secondary N) is 1. The van der Waals surface area contributed by atoms with E-state index in [-0.39, 0.29) is 29.7 Å². The number of hydrogen-bond acceptors (Lipinski definition) is 3. The molecular weight excluding hydrogens is 373 g/mol. The molecule has 3 atom stereocenters. The number of piperidine rings is 1. The highest BCUT2D eigenvalue weighted by molar-refractivity contribution is 6.42. The van der Waals surface area contributed by atoms with Crippen molar-refractivity contribution >= 4 is 35.0 Å². The maximum atomic E-state index is 13.0. The van der Waals surface area contributed by atoms with Crippen LogP contribution in [0.2, 0.25) is 10.0 Å². The van der Waals surface area contributed by atoms with Crippen LogP contribution in [0.5, 0.6) is 0 Å². The molecule has 1 aromatic rings. The first-order valence-electron chi connectivity index (χ1n) is 9.29. The van der Waals surface area contributed by atoms with E-state index in [4.69, 9.17) is 23.2 Å². The van der Waals surface area contributed by atoms with Crippen LogP contribution in [0.1, 0.15) is 30.7 Å². The minimum Gasteiger partial charge on any atom is -0.340 e. The third-order valence-electron chi connectivity index (χ3n) is 5.76. The van der Waals surface area contributed by atoms with Gasteiger partial charge in [0.15, 0.2) is 0 Å². The van der Waals surface area contributed by atoms with Crippen molar-refractivity contribution in [3.8, 4) is 0 Å². The van der Waals surface area contributed by atoms with Gasteiger partial charge in [-0.25, -0.2) is 0 Å². The van der Waals surface area contributed by atoms with Gasteiger partial charge >= 0.3 is 0 Å². The van der Waals surface area contributed by atoms with Crippen molar-refractivity contribution in [1.29, 1.82) is 0 Å². The first-order valence-corrected chi connectivity index (χ1v) is 10.0. The second kappa shape index (κ2) is 7.37. The van der Waals surface area contributed by atoms with Crippen molar-refractivity contribution in [1.82, 2.24) is 15.1 Å². The molecule has 3 fully saturated rings. The summed E-state index contributed by atoms with van der Waals surface area (Å²) in [6, 6.07) is 5.77. The number of amides is 2. The van der Waals surface area contributed by atoms with Gasteiger partial charge in [-0.05, 0) is 36.8 Å². The molecule has 3 unspecified atom stereocenters. The number of halogens is 2. The summed E-state index contributed by atoms with van der Waals surface area (Å²) in [6.07, 6.45) is 2.75. The second-order valence-corrected chi connectivity index (χ2v) is 8.22. The Balaban J connectivity index is 1.41. The molecule has 2 amide bonds. The minimum atomic E-state index is -0.0107. The van der Waals surface area contributed by atoms with Crippen LogP contribution in [0.3, 0.4) is 0 Å². The van der Waals surface area contributed by atoms with Crippen molar-refractivity contribution in [2.24, 2.45) is 5.92 Å². The maximum absolute atomic E-state index is 13.0. The highest BCUT2D eigenvalue weighted by atomic mass is 35.5. The standard InChI is InChI=1S/C19H23Cl2N3O2/c20-16-5-1-4-13(18(16)21)14-9-15(14)19(26)23-7-2-3-12(11-23)24-8-6-22-10-17(24)25/h1,4-5,12,14-15,22H,2-3,6-11H2. The topological polar surface area (TPSA) is 52.7 Å². The molecule has 1 aliphatic carbocycles. The normalized spacial score (nSPS) is 29.0. The Kier molecular flexibility index (Phi) is 5.13. The lowest BCUT2D eigenvalue weighted by atomic mass is 10.0. The summed E-state index contributed by atoms with van der Waals surface area (Å²) in [5.41, 5.74) is 0.975. The van der Waals surface area contributed by atoms with Crippen LogP contribution in [0, 0.1) is 5.92 Å². The summed E-state index contributed by atoms with van der Waals surface area (Å²) in [5, 5.41) is 4.21. The second-order valence-electron chi connectivity index (χ2n) is 7.44. The molecular formula is C19H23Cl2N3O2. The Labute approximate surface area is 163 Å². The summed E-state index contributed by atoms with van der Waals surface area (Å²) in [4.78, 5) is 29.0. The van der Waals surface area contributed by atoms with Gasteiger partial charge in [0.1, 0.15) is 0 Å². The fourth-order valence-electron chi connectivity index (χ4n) is 4.27. The van der Waals surface area contributed by atoms with E-state index in [0.717, 1.165) is 44.5 Å². The van der Waals surface area contributed by atoms with Gasteiger partial charge in [0.25, 0.3) is 0 Å². The number of carbonyl (C=O) groups is 2. The minimum absolute atomic E-state index is 0.0107. The van der Waals surface area contributed by atoms with Gasteiger partial charge in [-0.2, -0.15) is 0 Å². The molecule has 140 valence electrons. The summed E-state index contributed by atoms with van der Waals surface area (Å²) in [5.74, 6) is 0.488. The Bertz CT molecular complexity index is 727. The summed E-state index contributed by atoms with van der Waals surface area (Å²) < 4.78 is 0. The van der Waals surface area contributed by atoms with Crippen LogP contribution in [0.25, 0.3) is 0 Å². The van der Waals surface area contributed by atoms with Gasteiger partial charge in [-0.3, -0.25) is 9.59 Å². The van der Waals surface area contributed by atoms with E-state index >= 15 is 0 Å². The van der Waals surface area contributed by atoms with E-state index < -0.39 is 0 Å². The zero-order chi connectivity index (χ0) is 18.3. The number of carbonyl (C=O) groups excluding carboxylic acids is 2. The fraction of sp³-hybridized carbons (Fsp3) is 0.579. The van der Waals surface area contributed by atoms with Crippen LogP contribution in [0.15, 0.2) is 18.2 Å². The first kappa shape index (κ1) is 18.1. The van der Waals surface area contributed by atoms with Crippen LogP contribution in [-0.2, 0) is 9.59 Å². The van der Waals surface area contributed by atoms with E-state index in [9.17, 15) is 9.59 Å². The van der Waals surface area contributed by atoms with Crippen molar-refractivity contribution in [3.63, 3.8) is 0 Å². The van der Waals surface area contributed by atoms with Crippen molar-refractivity contribution in [2.75, 3.05) is 32.7 Å². The Morgan fingerprint density at radius 1 is 1.23 bits per heavy atom. The molecule has 0 radical (unpaired) electrons.